The Labute approximate surface area is 226 Å². The van der Waals surface area contributed by atoms with Crippen molar-refractivity contribution in [3.8, 4) is 10.4 Å². The molecule has 204 valence electrons. The molecule has 0 radical (unpaired) electrons. The zero-order chi connectivity index (χ0) is 26.9. The second-order valence-electron chi connectivity index (χ2n) is 10.2. The Balaban J connectivity index is 1.33. The molecule has 3 aromatic rings. The molecule has 38 heavy (non-hydrogen) atoms. The molecular weight excluding hydrogens is 526 g/mol. The number of ether oxygens (including phenoxy) is 1. The smallest absolute Gasteiger partial charge is 0.407 e. The Hall–Kier alpha value is -2.96. The third-order valence-electron chi connectivity index (χ3n) is 6.86. The van der Waals surface area contributed by atoms with Gasteiger partial charge in [-0.3, -0.25) is 5.10 Å². The molecule has 2 aliphatic rings. The number of amides is 1. The van der Waals surface area contributed by atoms with E-state index < -0.39 is 9.84 Å². The number of hydrogen-bond acceptors (Lipinski definition) is 9. The van der Waals surface area contributed by atoms with Crippen LogP contribution >= 0.6 is 11.3 Å². The first-order valence-corrected chi connectivity index (χ1v) is 15.3. The number of alkyl carbamates (subject to hydrolysis) is 1. The number of aromatic amines is 1. The highest BCUT2D eigenvalue weighted by molar-refractivity contribution is 7.92. The summed E-state index contributed by atoms with van der Waals surface area (Å²) in [7, 11) is -3.48. The molecule has 2 saturated carbocycles. The van der Waals surface area contributed by atoms with Crippen LogP contribution < -0.4 is 10.6 Å². The number of rotatable bonds is 9. The van der Waals surface area contributed by atoms with Gasteiger partial charge in [0.2, 0.25) is 0 Å². The van der Waals surface area contributed by atoms with Crippen LogP contribution in [0.1, 0.15) is 69.0 Å². The van der Waals surface area contributed by atoms with Gasteiger partial charge in [-0.1, -0.05) is 6.07 Å². The number of sulfone groups is 1. The molecule has 2 heterocycles. The molecular formula is C26H33N5O5S2. The van der Waals surface area contributed by atoms with Gasteiger partial charge >= 0.3 is 6.09 Å². The lowest BCUT2D eigenvalue weighted by Gasteiger charge is -2.28. The van der Waals surface area contributed by atoms with Crippen LogP contribution in [-0.2, 0) is 21.2 Å². The summed E-state index contributed by atoms with van der Waals surface area (Å²) in [5, 5.41) is 22.8. The number of carbonyl (C=O) groups excluding carboxylic acids is 1. The zero-order valence-corrected chi connectivity index (χ0v) is 23.1. The van der Waals surface area contributed by atoms with E-state index in [0.29, 0.717) is 40.5 Å². The van der Waals surface area contributed by atoms with Gasteiger partial charge in [-0.05, 0) is 64.5 Å². The first kappa shape index (κ1) is 26.6. The molecule has 0 spiro atoms. The number of aromatic nitrogens is 3. The molecule has 0 saturated heterocycles. The standard InChI is InChI=1S/C26H33N5O5S2/c1-15(2)36-26(33)29-17-5-3-16(4-6-17)25-27-13-22(37-25)21-10-7-18(28-24-12-19(14-32)30-31-24)11-23(21)38(34,35)20-8-9-20/h7,10-13,15-17,20,32H,3-6,8-9,14H2,1-2H3,(H,29,33)(H2,28,30,31). The Morgan fingerprint density at radius 1 is 1.18 bits per heavy atom. The van der Waals surface area contributed by atoms with Crippen molar-refractivity contribution in [1.82, 2.24) is 20.5 Å². The number of carbonyl (C=O) groups is 1. The summed E-state index contributed by atoms with van der Waals surface area (Å²) in [6.45, 7) is 3.50. The minimum absolute atomic E-state index is 0.0928. The summed E-state index contributed by atoms with van der Waals surface area (Å²) >= 11 is 1.54. The number of nitrogens with one attached hydrogen (secondary N) is 3. The molecule has 2 aliphatic carbocycles. The second-order valence-corrected chi connectivity index (χ2v) is 13.5. The van der Waals surface area contributed by atoms with E-state index in [1.54, 1.807) is 29.7 Å². The second kappa shape index (κ2) is 11.0. The summed E-state index contributed by atoms with van der Waals surface area (Å²) in [6.07, 6.45) is 6.10. The van der Waals surface area contributed by atoms with Crippen molar-refractivity contribution >= 4 is 38.8 Å². The molecule has 0 bridgehead atoms. The van der Waals surface area contributed by atoms with Crippen molar-refractivity contribution in [2.45, 2.75) is 87.2 Å². The summed E-state index contributed by atoms with van der Waals surface area (Å²) in [4.78, 5) is 17.7. The highest BCUT2D eigenvalue weighted by Crippen LogP contribution is 2.43. The number of aliphatic hydroxyl groups excluding tert-OH is 1. The Morgan fingerprint density at radius 2 is 1.95 bits per heavy atom. The van der Waals surface area contributed by atoms with E-state index >= 15 is 0 Å². The van der Waals surface area contributed by atoms with Gasteiger partial charge in [0.05, 0.1) is 38.4 Å². The molecule has 2 fully saturated rings. The fraction of sp³-hybridized carbons (Fsp3) is 0.500. The average molecular weight is 560 g/mol. The van der Waals surface area contributed by atoms with Gasteiger partial charge in [-0.15, -0.1) is 11.3 Å². The molecule has 0 atom stereocenters. The molecule has 10 nitrogen and oxygen atoms in total. The number of aliphatic hydroxyl groups is 1. The monoisotopic (exact) mass is 559 g/mol. The largest absolute Gasteiger partial charge is 0.447 e. The van der Waals surface area contributed by atoms with Gasteiger partial charge in [0, 0.05) is 35.5 Å². The van der Waals surface area contributed by atoms with Crippen molar-refractivity contribution in [2.75, 3.05) is 5.32 Å². The SMILES string of the molecule is CC(C)OC(=O)NC1CCC(c2ncc(-c3ccc(Nc4cc(CO)[nH]n4)cc3S(=O)(=O)C3CC3)s2)CC1. The van der Waals surface area contributed by atoms with Crippen molar-refractivity contribution in [3.63, 3.8) is 0 Å². The number of H-pyrrole nitrogens is 1. The van der Waals surface area contributed by atoms with Gasteiger partial charge in [0.25, 0.3) is 0 Å². The van der Waals surface area contributed by atoms with Crippen molar-refractivity contribution in [1.29, 1.82) is 0 Å². The number of benzene rings is 1. The van der Waals surface area contributed by atoms with Crippen molar-refractivity contribution < 1.29 is 23.1 Å². The fourth-order valence-electron chi connectivity index (χ4n) is 4.75. The van der Waals surface area contributed by atoms with Crippen LogP contribution in [0.5, 0.6) is 0 Å². The quantitative estimate of drug-likeness (QED) is 0.291. The predicted octanol–water partition coefficient (Wildman–Crippen LogP) is 4.87. The maximum atomic E-state index is 13.4. The van der Waals surface area contributed by atoms with Gasteiger partial charge in [0.15, 0.2) is 15.7 Å². The number of anilines is 2. The van der Waals surface area contributed by atoms with E-state index in [1.807, 2.05) is 26.0 Å². The highest BCUT2D eigenvalue weighted by atomic mass is 32.2. The van der Waals surface area contributed by atoms with E-state index in [-0.39, 0.29) is 36.0 Å². The Morgan fingerprint density at radius 3 is 2.61 bits per heavy atom. The van der Waals surface area contributed by atoms with Crippen molar-refractivity contribution in [3.05, 3.63) is 41.2 Å². The molecule has 0 aliphatic heterocycles. The maximum Gasteiger partial charge on any atom is 0.407 e. The lowest BCUT2D eigenvalue weighted by Crippen LogP contribution is -2.38. The minimum atomic E-state index is -3.48. The lowest BCUT2D eigenvalue weighted by atomic mass is 9.86. The maximum absolute atomic E-state index is 13.4. The van der Waals surface area contributed by atoms with Gasteiger partial charge in [-0.25, -0.2) is 18.2 Å². The first-order valence-electron chi connectivity index (χ1n) is 13.0. The normalized spacial score (nSPS) is 19.9. The third kappa shape index (κ3) is 6.02. The number of thiazole rings is 1. The van der Waals surface area contributed by atoms with E-state index in [2.05, 4.69) is 25.8 Å². The van der Waals surface area contributed by atoms with Crippen molar-refractivity contribution in [2.24, 2.45) is 0 Å². The summed E-state index contributed by atoms with van der Waals surface area (Å²) in [5.74, 6) is 0.775. The fourth-order valence-corrected chi connectivity index (χ4v) is 7.83. The highest BCUT2D eigenvalue weighted by Gasteiger charge is 2.39. The summed E-state index contributed by atoms with van der Waals surface area (Å²) in [5.41, 5.74) is 1.83. The van der Waals surface area contributed by atoms with Gasteiger partial charge in [0.1, 0.15) is 0 Å². The third-order valence-corrected chi connectivity index (χ3v) is 10.3. The van der Waals surface area contributed by atoms with E-state index in [4.69, 9.17) is 4.74 Å². The van der Waals surface area contributed by atoms with E-state index in [1.165, 1.54) is 0 Å². The van der Waals surface area contributed by atoms with E-state index in [9.17, 15) is 18.3 Å². The van der Waals surface area contributed by atoms with Crippen LogP contribution in [0.25, 0.3) is 10.4 Å². The topological polar surface area (TPSA) is 146 Å². The Kier molecular flexibility index (Phi) is 7.73. The molecule has 5 rings (SSSR count). The number of nitrogens with zero attached hydrogens (tertiary/aromatic N) is 2. The first-order chi connectivity index (χ1) is 18.2. The average Bonchev–Trinajstić information content (AvgIpc) is 3.48. The van der Waals surface area contributed by atoms with Crippen LogP contribution in [0.2, 0.25) is 0 Å². The van der Waals surface area contributed by atoms with Crippen LogP contribution in [0.15, 0.2) is 35.4 Å². The molecule has 1 aromatic carbocycles. The minimum Gasteiger partial charge on any atom is -0.447 e. The molecule has 4 N–H and O–H groups in total. The predicted molar refractivity (Wildman–Crippen MR) is 145 cm³/mol. The van der Waals surface area contributed by atoms with Crippen LogP contribution in [-0.4, -0.2) is 52.2 Å². The zero-order valence-electron chi connectivity index (χ0n) is 21.4. The lowest BCUT2D eigenvalue weighted by molar-refractivity contribution is 0.109. The van der Waals surface area contributed by atoms with Crippen LogP contribution in [0.3, 0.4) is 0 Å². The van der Waals surface area contributed by atoms with Gasteiger partial charge in [-0.2, -0.15) is 5.10 Å². The molecule has 12 heteroatoms. The van der Waals surface area contributed by atoms with Crippen LogP contribution in [0.4, 0.5) is 16.3 Å². The van der Waals surface area contributed by atoms with E-state index in [0.717, 1.165) is 35.6 Å². The van der Waals surface area contributed by atoms with Crippen LogP contribution in [0, 0.1) is 0 Å². The summed E-state index contributed by atoms with van der Waals surface area (Å²) in [6, 6.07) is 7.10. The summed E-state index contributed by atoms with van der Waals surface area (Å²) < 4.78 is 32.0. The van der Waals surface area contributed by atoms with Gasteiger partial charge < -0.3 is 20.5 Å². The molecule has 0 unspecified atom stereocenters. The Bertz CT molecular complexity index is 1390. The molecule has 1 amide bonds. The number of hydrogen-bond donors (Lipinski definition) is 4. The molecule has 2 aromatic heterocycles.